The molecular formula is C16H19NO3S. The van der Waals surface area contributed by atoms with Gasteiger partial charge >= 0.3 is 0 Å². The lowest BCUT2D eigenvalue weighted by atomic mass is 10.1. The molecule has 21 heavy (non-hydrogen) atoms. The Morgan fingerprint density at radius 3 is 2.33 bits per heavy atom. The molecule has 0 aromatic heterocycles. The third-order valence-electron chi connectivity index (χ3n) is 3.18. The summed E-state index contributed by atoms with van der Waals surface area (Å²) in [4.78, 5) is 0.745. The predicted molar refractivity (Wildman–Crippen MR) is 84.2 cm³/mol. The monoisotopic (exact) mass is 305 g/mol. The van der Waals surface area contributed by atoms with Crippen molar-refractivity contribution in [3.63, 3.8) is 0 Å². The minimum Gasteiger partial charge on any atom is -0.497 e. The molecule has 2 atom stereocenters. The van der Waals surface area contributed by atoms with Gasteiger partial charge in [-0.2, -0.15) is 0 Å². The summed E-state index contributed by atoms with van der Waals surface area (Å²) in [6.07, 6.45) is 0. The van der Waals surface area contributed by atoms with Gasteiger partial charge in [-0.1, -0.05) is 12.1 Å². The first-order valence-electron chi connectivity index (χ1n) is 6.56. The lowest BCUT2D eigenvalue weighted by molar-refractivity contribution is 0.414. The number of hydrogen-bond donors (Lipinski definition) is 1. The van der Waals surface area contributed by atoms with Gasteiger partial charge in [-0.15, -0.1) is 0 Å². The van der Waals surface area contributed by atoms with Crippen LogP contribution in [0, 0.1) is 0 Å². The van der Waals surface area contributed by atoms with Crippen LogP contribution in [-0.2, 0) is 10.8 Å². The summed E-state index contributed by atoms with van der Waals surface area (Å²) < 4.78 is 22.6. The lowest BCUT2D eigenvalue weighted by Crippen LogP contribution is -2.18. The molecule has 2 N–H and O–H groups in total. The second kappa shape index (κ2) is 7.24. The minimum atomic E-state index is -1.15. The second-order valence-electron chi connectivity index (χ2n) is 4.57. The Morgan fingerprint density at radius 1 is 1.05 bits per heavy atom. The fourth-order valence-electron chi connectivity index (χ4n) is 1.96. The van der Waals surface area contributed by atoms with Crippen LogP contribution in [0.4, 0.5) is 0 Å². The maximum absolute atomic E-state index is 12.3. The molecule has 2 rings (SSSR count). The Morgan fingerprint density at radius 2 is 1.71 bits per heavy atom. The Hall–Kier alpha value is -1.85. The number of hydrogen-bond acceptors (Lipinski definition) is 4. The predicted octanol–water partition coefficient (Wildman–Crippen LogP) is 2.51. The summed E-state index contributed by atoms with van der Waals surface area (Å²) in [7, 11) is 2.06. The summed E-state index contributed by atoms with van der Waals surface area (Å²) in [5, 5.41) is 0. The molecular weight excluding hydrogens is 286 g/mol. The molecule has 0 saturated carbocycles. The average Bonchev–Trinajstić information content (AvgIpc) is 2.54. The van der Waals surface area contributed by atoms with E-state index in [0.29, 0.717) is 5.75 Å². The van der Waals surface area contributed by atoms with Crippen LogP contribution in [-0.4, -0.2) is 24.2 Å². The molecule has 2 unspecified atom stereocenters. The molecule has 4 nitrogen and oxygen atoms in total. The fraction of sp³-hybridized carbons (Fsp3) is 0.250. The zero-order valence-electron chi connectivity index (χ0n) is 12.1. The van der Waals surface area contributed by atoms with Crippen LogP contribution in [0.5, 0.6) is 11.5 Å². The van der Waals surface area contributed by atoms with E-state index >= 15 is 0 Å². The summed E-state index contributed by atoms with van der Waals surface area (Å²) in [5.74, 6) is 1.85. The Kier molecular flexibility index (Phi) is 5.36. The van der Waals surface area contributed by atoms with Gasteiger partial charge in [-0.3, -0.25) is 4.21 Å². The van der Waals surface area contributed by atoms with Gasteiger partial charge in [0.1, 0.15) is 11.5 Å². The molecule has 0 heterocycles. The normalized spacial score (nSPS) is 13.5. The van der Waals surface area contributed by atoms with Crippen LogP contribution in [0.15, 0.2) is 53.4 Å². The quantitative estimate of drug-likeness (QED) is 0.891. The molecule has 0 saturated heterocycles. The van der Waals surface area contributed by atoms with E-state index in [-0.39, 0.29) is 6.04 Å². The fourth-order valence-corrected chi connectivity index (χ4v) is 3.11. The molecule has 0 bridgehead atoms. The zero-order chi connectivity index (χ0) is 15.2. The molecule has 0 aliphatic heterocycles. The Labute approximate surface area is 127 Å². The largest absolute Gasteiger partial charge is 0.497 e. The van der Waals surface area contributed by atoms with Gasteiger partial charge in [0, 0.05) is 16.7 Å². The first-order valence-corrected chi connectivity index (χ1v) is 7.88. The molecule has 0 aliphatic rings. The van der Waals surface area contributed by atoms with Crippen LogP contribution in [0.25, 0.3) is 0 Å². The van der Waals surface area contributed by atoms with Crippen molar-refractivity contribution in [2.45, 2.75) is 10.9 Å². The van der Waals surface area contributed by atoms with Crippen molar-refractivity contribution in [1.29, 1.82) is 0 Å². The van der Waals surface area contributed by atoms with Crippen molar-refractivity contribution in [2.24, 2.45) is 5.73 Å². The molecule has 2 aromatic carbocycles. The van der Waals surface area contributed by atoms with E-state index in [9.17, 15) is 4.21 Å². The van der Waals surface area contributed by atoms with Gasteiger partial charge in [0.05, 0.1) is 25.0 Å². The Bertz CT molecular complexity index is 613. The first kappa shape index (κ1) is 15.5. The third kappa shape index (κ3) is 4.06. The number of methoxy groups -OCH3 is 2. The molecule has 5 heteroatoms. The van der Waals surface area contributed by atoms with Crippen LogP contribution in [0.2, 0.25) is 0 Å². The third-order valence-corrected chi connectivity index (χ3v) is 4.64. The highest BCUT2D eigenvalue weighted by Gasteiger charge is 2.13. The van der Waals surface area contributed by atoms with Crippen LogP contribution in [0.1, 0.15) is 11.6 Å². The smallest absolute Gasteiger partial charge is 0.119 e. The maximum Gasteiger partial charge on any atom is 0.119 e. The molecule has 112 valence electrons. The van der Waals surface area contributed by atoms with Crippen LogP contribution >= 0.6 is 0 Å². The van der Waals surface area contributed by atoms with Gasteiger partial charge < -0.3 is 15.2 Å². The highest BCUT2D eigenvalue weighted by molar-refractivity contribution is 7.85. The molecule has 0 amide bonds. The zero-order valence-corrected chi connectivity index (χ0v) is 12.9. The number of ether oxygens (including phenoxy) is 2. The van der Waals surface area contributed by atoms with Crippen molar-refractivity contribution in [3.8, 4) is 11.5 Å². The van der Waals surface area contributed by atoms with E-state index in [1.807, 2.05) is 24.3 Å². The second-order valence-corrected chi connectivity index (χ2v) is 6.07. The van der Waals surface area contributed by atoms with Crippen molar-refractivity contribution in [3.05, 3.63) is 54.1 Å². The van der Waals surface area contributed by atoms with Gasteiger partial charge in [0.25, 0.3) is 0 Å². The minimum absolute atomic E-state index is 0.303. The topological polar surface area (TPSA) is 61.5 Å². The summed E-state index contributed by atoms with van der Waals surface area (Å²) in [5.41, 5.74) is 7.05. The van der Waals surface area contributed by atoms with Gasteiger partial charge in [-0.25, -0.2) is 0 Å². The summed E-state index contributed by atoms with van der Waals surface area (Å²) >= 11 is 0. The Balaban J connectivity index is 2.06. The lowest BCUT2D eigenvalue weighted by Gasteiger charge is -2.13. The van der Waals surface area contributed by atoms with E-state index < -0.39 is 10.8 Å². The van der Waals surface area contributed by atoms with Crippen LogP contribution < -0.4 is 15.2 Å². The number of benzene rings is 2. The van der Waals surface area contributed by atoms with E-state index in [1.54, 1.807) is 38.5 Å². The van der Waals surface area contributed by atoms with E-state index in [2.05, 4.69) is 0 Å². The van der Waals surface area contributed by atoms with Crippen molar-refractivity contribution < 1.29 is 13.7 Å². The van der Waals surface area contributed by atoms with Crippen molar-refractivity contribution >= 4 is 10.8 Å². The van der Waals surface area contributed by atoms with Gasteiger partial charge in [0.2, 0.25) is 0 Å². The van der Waals surface area contributed by atoms with E-state index in [0.717, 1.165) is 22.0 Å². The van der Waals surface area contributed by atoms with Crippen LogP contribution in [0.3, 0.4) is 0 Å². The molecule has 0 fully saturated rings. The standard InChI is InChI=1S/C16H19NO3S/c1-19-13-6-8-15(9-7-13)21(18)11-16(17)12-4-3-5-14(10-12)20-2/h3-10,16H,11,17H2,1-2H3. The highest BCUT2D eigenvalue weighted by Crippen LogP contribution is 2.21. The summed E-state index contributed by atoms with van der Waals surface area (Å²) in [6.45, 7) is 0. The van der Waals surface area contributed by atoms with E-state index in [4.69, 9.17) is 15.2 Å². The molecule has 0 aliphatic carbocycles. The highest BCUT2D eigenvalue weighted by atomic mass is 32.2. The van der Waals surface area contributed by atoms with Gasteiger partial charge in [0.15, 0.2) is 0 Å². The first-order chi connectivity index (χ1) is 10.1. The number of nitrogens with two attached hydrogens (primary N) is 1. The number of rotatable bonds is 6. The van der Waals surface area contributed by atoms with Crippen molar-refractivity contribution in [2.75, 3.05) is 20.0 Å². The maximum atomic E-state index is 12.3. The van der Waals surface area contributed by atoms with Gasteiger partial charge in [-0.05, 0) is 42.0 Å². The molecule has 0 radical (unpaired) electrons. The summed E-state index contributed by atoms with van der Waals surface area (Å²) in [6, 6.07) is 14.4. The average molecular weight is 305 g/mol. The SMILES string of the molecule is COc1ccc(S(=O)CC(N)c2cccc(OC)c2)cc1. The van der Waals surface area contributed by atoms with E-state index in [1.165, 1.54) is 0 Å². The van der Waals surface area contributed by atoms with Crippen molar-refractivity contribution in [1.82, 2.24) is 0 Å². The molecule has 0 spiro atoms. The molecule has 2 aromatic rings.